The molecule has 4 nitrogen and oxygen atoms in total. The van der Waals surface area contributed by atoms with Crippen molar-refractivity contribution in [3.8, 4) is 0 Å². The fourth-order valence-electron chi connectivity index (χ4n) is 1.37. The Morgan fingerprint density at radius 3 is 2.50 bits per heavy atom. The van der Waals surface area contributed by atoms with Gasteiger partial charge in [-0.05, 0) is 18.2 Å². The van der Waals surface area contributed by atoms with E-state index in [0.29, 0.717) is 0 Å². The predicted molar refractivity (Wildman–Crippen MR) is 53.2 cm³/mol. The van der Waals surface area contributed by atoms with E-state index in [4.69, 9.17) is 5.11 Å². The van der Waals surface area contributed by atoms with Crippen molar-refractivity contribution in [3.63, 3.8) is 0 Å². The Labute approximate surface area is 82.1 Å². The van der Waals surface area contributed by atoms with Crippen LogP contribution in [0.25, 0.3) is 0 Å². The Bertz CT molecular complexity index is 326. The molecule has 2 atom stereocenters. The molecule has 0 saturated heterocycles. The Balaban J connectivity index is 2.23. The fourth-order valence-corrected chi connectivity index (χ4v) is 1.37. The van der Waals surface area contributed by atoms with Crippen LogP contribution in [0.5, 0.6) is 0 Å². The third-order valence-electron chi connectivity index (χ3n) is 2.07. The summed E-state index contributed by atoms with van der Waals surface area (Å²) in [5.74, 6) is 0. The molecule has 74 valence electrons. The van der Waals surface area contributed by atoms with Gasteiger partial charge in [-0.15, -0.1) is 0 Å². The molecule has 0 aliphatic carbocycles. The van der Waals surface area contributed by atoms with Crippen molar-refractivity contribution in [2.75, 3.05) is 4.90 Å². The van der Waals surface area contributed by atoms with E-state index < -0.39 is 12.6 Å². The predicted octanol–water partition coefficient (Wildman–Crippen LogP) is 0.204. The highest BCUT2D eigenvalue weighted by Gasteiger charge is 2.19. The first-order valence-corrected chi connectivity index (χ1v) is 4.41. The number of para-hydroxylation sites is 1. The zero-order valence-electron chi connectivity index (χ0n) is 7.54. The molecular weight excluding hydrogens is 180 g/mol. The first-order chi connectivity index (χ1) is 6.77. The molecule has 0 amide bonds. The number of nitrogens with zero attached hydrogens (tertiary/aromatic N) is 1. The molecule has 1 aliphatic heterocycles. The SMILES string of the molecule is O[C@@H]1C=CN(c2ccccc2)[C@H](O)N1. The van der Waals surface area contributed by atoms with Crippen molar-refractivity contribution < 1.29 is 10.2 Å². The molecule has 2 rings (SSSR count). The summed E-state index contributed by atoms with van der Waals surface area (Å²) < 4.78 is 0. The van der Waals surface area contributed by atoms with Gasteiger partial charge >= 0.3 is 0 Å². The number of nitrogens with one attached hydrogen (secondary N) is 1. The summed E-state index contributed by atoms with van der Waals surface area (Å²) >= 11 is 0. The molecule has 0 saturated carbocycles. The second-order valence-electron chi connectivity index (χ2n) is 3.07. The third kappa shape index (κ3) is 1.77. The minimum atomic E-state index is -0.891. The van der Waals surface area contributed by atoms with Crippen molar-refractivity contribution in [1.29, 1.82) is 0 Å². The molecule has 0 radical (unpaired) electrons. The minimum Gasteiger partial charge on any atom is -0.375 e. The molecule has 0 fully saturated rings. The van der Waals surface area contributed by atoms with Crippen LogP contribution in [0.2, 0.25) is 0 Å². The van der Waals surface area contributed by atoms with Gasteiger partial charge in [0.1, 0.15) is 6.23 Å². The van der Waals surface area contributed by atoms with Gasteiger partial charge in [-0.1, -0.05) is 18.2 Å². The summed E-state index contributed by atoms with van der Waals surface area (Å²) in [6.45, 7) is 0. The zero-order valence-corrected chi connectivity index (χ0v) is 7.54. The maximum atomic E-state index is 9.60. The monoisotopic (exact) mass is 192 g/mol. The zero-order chi connectivity index (χ0) is 9.97. The minimum absolute atomic E-state index is 0.787. The number of aliphatic hydroxyl groups excluding tert-OH is 2. The van der Waals surface area contributed by atoms with E-state index in [1.54, 1.807) is 17.2 Å². The molecular formula is C10H12N2O2. The molecule has 14 heavy (non-hydrogen) atoms. The first kappa shape index (κ1) is 9.21. The van der Waals surface area contributed by atoms with Gasteiger partial charge in [0.15, 0.2) is 6.35 Å². The van der Waals surface area contributed by atoms with Crippen LogP contribution in [0, 0.1) is 0 Å². The van der Waals surface area contributed by atoms with Crippen LogP contribution in [0.4, 0.5) is 5.69 Å². The fraction of sp³-hybridized carbons (Fsp3) is 0.200. The lowest BCUT2D eigenvalue weighted by molar-refractivity contribution is 0.0610. The third-order valence-corrected chi connectivity index (χ3v) is 2.07. The van der Waals surface area contributed by atoms with Crippen LogP contribution in [0.3, 0.4) is 0 Å². The van der Waals surface area contributed by atoms with Crippen molar-refractivity contribution in [3.05, 3.63) is 42.6 Å². The van der Waals surface area contributed by atoms with E-state index >= 15 is 0 Å². The number of hydrogen-bond donors (Lipinski definition) is 3. The highest BCUT2D eigenvalue weighted by atomic mass is 16.3. The van der Waals surface area contributed by atoms with Crippen LogP contribution in [0.1, 0.15) is 0 Å². The number of aliphatic hydroxyl groups is 2. The Kier molecular flexibility index (Phi) is 2.49. The maximum Gasteiger partial charge on any atom is 0.190 e. The Morgan fingerprint density at radius 1 is 1.14 bits per heavy atom. The summed E-state index contributed by atoms with van der Waals surface area (Å²) in [5.41, 5.74) is 0.871. The highest BCUT2D eigenvalue weighted by molar-refractivity contribution is 5.49. The van der Waals surface area contributed by atoms with E-state index in [1.165, 1.54) is 0 Å². The summed E-state index contributed by atoms with van der Waals surface area (Å²) in [6, 6.07) is 9.45. The molecule has 1 aromatic rings. The summed E-state index contributed by atoms with van der Waals surface area (Å²) in [4.78, 5) is 1.63. The lowest BCUT2D eigenvalue weighted by Crippen LogP contribution is -2.50. The van der Waals surface area contributed by atoms with E-state index in [0.717, 1.165) is 5.69 Å². The number of rotatable bonds is 1. The van der Waals surface area contributed by atoms with Gasteiger partial charge in [-0.2, -0.15) is 0 Å². The van der Waals surface area contributed by atoms with Crippen molar-refractivity contribution in [2.24, 2.45) is 0 Å². The van der Waals surface area contributed by atoms with Crippen LogP contribution >= 0.6 is 0 Å². The number of anilines is 1. The van der Waals surface area contributed by atoms with Crippen LogP contribution in [-0.4, -0.2) is 22.8 Å². The largest absolute Gasteiger partial charge is 0.375 e. The van der Waals surface area contributed by atoms with Crippen molar-refractivity contribution in [1.82, 2.24) is 5.32 Å². The molecule has 0 aromatic heterocycles. The molecule has 0 bridgehead atoms. The molecule has 0 unspecified atom stereocenters. The quantitative estimate of drug-likeness (QED) is 0.595. The molecule has 1 aromatic carbocycles. The van der Waals surface area contributed by atoms with Gasteiger partial charge in [0, 0.05) is 11.9 Å². The molecule has 1 aliphatic rings. The van der Waals surface area contributed by atoms with Gasteiger partial charge < -0.3 is 15.1 Å². The average molecular weight is 192 g/mol. The van der Waals surface area contributed by atoms with Gasteiger partial charge in [0.25, 0.3) is 0 Å². The average Bonchev–Trinajstić information content (AvgIpc) is 2.19. The number of hydrogen-bond acceptors (Lipinski definition) is 4. The smallest absolute Gasteiger partial charge is 0.190 e. The second kappa shape index (κ2) is 3.79. The maximum absolute atomic E-state index is 9.60. The standard InChI is InChI=1S/C10H12N2O2/c13-9-6-7-12(10(14)11-9)8-4-2-1-3-5-8/h1-7,9-11,13-14H/t9-,10-/m1/s1. The highest BCUT2D eigenvalue weighted by Crippen LogP contribution is 2.17. The van der Waals surface area contributed by atoms with E-state index in [1.807, 2.05) is 30.3 Å². The second-order valence-corrected chi connectivity index (χ2v) is 3.07. The topological polar surface area (TPSA) is 55.7 Å². The van der Waals surface area contributed by atoms with E-state index in [9.17, 15) is 5.11 Å². The van der Waals surface area contributed by atoms with Gasteiger partial charge in [0.05, 0.1) is 0 Å². The lowest BCUT2D eigenvalue weighted by atomic mass is 10.3. The van der Waals surface area contributed by atoms with Crippen LogP contribution < -0.4 is 10.2 Å². The molecule has 3 N–H and O–H groups in total. The van der Waals surface area contributed by atoms with Crippen LogP contribution in [-0.2, 0) is 0 Å². The molecule has 4 heteroatoms. The van der Waals surface area contributed by atoms with Crippen molar-refractivity contribution in [2.45, 2.75) is 12.6 Å². The van der Waals surface area contributed by atoms with Crippen molar-refractivity contribution >= 4 is 5.69 Å². The molecule has 0 spiro atoms. The Morgan fingerprint density at radius 2 is 1.86 bits per heavy atom. The summed E-state index contributed by atoms with van der Waals surface area (Å²) in [7, 11) is 0. The summed E-state index contributed by atoms with van der Waals surface area (Å²) in [5, 5.41) is 21.3. The normalized spacial score (nSPS) is 26.6. The van der Waals surface area contributed by atoms with Crippen LogP contribution in [0.15, 0.2) is 42.6 Å². The molecule has 1 heterocycles. The van der Waals surface area contributed by atoms with E-state index in [-0.39, 0.29) is 0 Å². The Hall–Kier alpha value is -1.36. The first-order valence-electron chi connectivity index (χ1n) is 4.41. The summed E-state index contributed by atoms with van der Waals surface area (Å²) in [6.07, 6.45) is 1.54. The lowest BCUT2D eigenvalue weighted by Gasteiger charge is -2.32. The van der Waals surface area contributed by atoms with Gasteiger partial charge in [0.2, 0.25) is 0 Å². The number of benzene rings is 1. The van der Waals surface area contributed by atoms with E-state index in [2.05, 4.69) is 5.32 Å². The van der Waals surface area contributed by atoms with Gasteiger partial charge in [-0.3, -0.25) is 0 Å². The van der Waals surface area contributed by atoms with Gasteiger partial charge in [-0.25, -0.2) is 5.32 Å².